The average molecular weight is 594 g/mol. The second kappa shape index (κ2) is 12.2. The largest absolute Gasteiger partial charge is 0.490 e. The van der Waals surface area contributed by atoms with Gasteiger partial charge in [-0.3, -0.25) is 15.0 Å². The number of rotatable bonds is 8. The van der Waals surface area contributed by atoms with E-state index in [0.717, 1.165) is 22.3 Å². The van der Waals surface area contributed by atoms with Gasteiger partial charge in [0.1, 0.15) is 6.61 Å². The van der Waals surface area contributed by atoms with Crippen LogP contribution < -0.4 is 14.9 Å². The molecule has 3 aromatic rings. The summed E-state index contributed by atoms with van der Waals surface area (Å²) in [4.78, 5) is 25.9. The lowest BCUT2D eigenvalue weighted by molar-refractivity contribution is -0.123. The summed E-state index contributed by atoms with van der Waals surface area (Å²) >= 11 is 24.3. The number of benzene rings is 3. The first-order chi connectivity index (χ1) is 17.7. The second-order valence-electron chi connectivity index (χ2n) is 7.64. The molecule has 0 unspecified atom stereocenters. The SMILES string of the molecule is CCOc1cc(/C=C2/SC(=S)N(NC(=O)c3ccc(Cl)cc3)C2=O)ccc1OCc1ccc(Cl)c(Cl)c1. The molecule has 0 atom stereocenters. The third-order valence-corrected chi connectivity index (χ3v) is 7.35. The Morgan fingerprint density at radius 3 is 2.46 bits per heavy atom. The van der Waals surface area contributed by atoms with Crippen molar-refractivity contribution >= 4 is 81.0 Å². The van der Waals surface area contributed by atoms with Crippen LogP contribution in [0.15, 0.2) is 65.6 Å². The van der Waals surface area contributed by atoms with Crippen molar-refractivity contribution in [2.75, 3.05) is 6.61 Å². The zero-order chi connectivity index (χ0) is 26.5. The smallest absolute Gasteiger partial charge is 0.285 e. The van der Waals surface area contributed by atoms with Gasteiger partial charge in [-0.1, -0.05) is 58.7 Å². The third-order valence-electron chi connectivity index (χ3n) is 5.06. The minimum absolute atomic E-state index is 0.213. The van der Waals surface area contributed by atoms with E-state index in [4.69, 9.17) is 56.5 Å². The summed E-state index contributed by atoms with van der Waals surface area (Å²) in [6, 6.07) is 16.9. The van der Waals surface area contributed by atoms with Crippen LogP contribution >= 0.6 is 58.8 Å². The molecule has 0 saturated carbocycles. The number of nitrogens with zero attached hydrogens (tertiary/aromatic N) is 1. The molecule has 1 aliphatic rings. The summed E-state index contributed by atoms with van der Waals surface area (Å²) in [5.74, 6) is 0.141. The number of hydrazine groups is 1. The Hall–Kier alpha value is -2.75. The molecule has 0 aliphatic carbocycles. The molecule has 1 fully saturated rings. The molecule has 0 aromatic heterocycles. The lowest BCUT2D eigenvalue weighted by atomic mass is 10.1. The van der Waals surface area contributed by atoms with Crippen molar-refractivity contribution in [2.45, 2.75) is 13.5 Å². The zero-order valence-electron chi connectivity index (χ0n) is 19.3. The van der Waals surface area contributed by atoms with Crippen molar-refractivity contribution in [3.05, 3.63) is 97.3 Å². The molecule has 6 nitrogen and oxygen atoms in total. The number of thiocarbonyl (C=S) groups is 1. The third kappa shape index (κ3) is 6.77. The Labute approximate surface area is 238 Å². The van der Waals surface area contributed by atoms with Crippen LogP contribution in [0.2, 0.25) is 15.1 Å². The fourth-order valence-electron chi connectivity index (χ4n) is 3.28. The number of carbonyl (C=O) groups excluding carboxylic acids is 2. The molecule has 1 heterocycles. The molecule has 4 rings (SSSR count). The predicted molar refractivity (Wildman–Crippen MR) is 152 cm³/mol. The van der Waals surface area contributed by atoms with Crippen molar-refractivity contribution < 1.29 is 19.1 Å². The molecule has 3 aromatic carbocycles. The van der Waals surface area contributed by atoms with Gasteiger partial charge < -0.3 is 9.47 Å². The number of halogens is 3. The van der Waals surface area contributed by atoms with Crippen LogP contribution in [0.3, 0.4) is 0 Å². The lowest BCUT2D eigenvalue weighted by Crippen LogP contribution is -2.44. The van der Waals surface area contributed by atoms with E-state index in [2.05, 4.69) is 5.43 Å². The highest BCUT2D eigenvalue weighted by atomic mass is 35.5. The van der Waals surface area contributed by atoms with E-state index in [1.807, 2.05) is 13.0 Å². The average Bonchev–Trinajstić information content (AvgIpc) is 3.13. The highest BCUT2D eigenvalue weighted by Gasteiger charge is 2.33. The monoisotopic (exact) mass is 592 g/mol. The van der Waals surface area contributed by atoms with Gasteiger partial charge in [0.25, 0.3) is 11.8 Å². The quantitative estimate of drug-likeness (QED) is 0.221. The second-order valence-corrected chi connectivity index (χ2v) is 10.6. The van der Waals surface area contributed by atoms with E-state index in [1.54, 1.807) is 60.7 Å². The van der Waals surface area contributed by atoms with Crippen LogP contribution in [0, 0.1) is 0 Å². The van der Waals surface area contributed by atoms with Gasteiger partial charge in [0.2, 0.25) is 0 Å². The first-order valence-corrected chi connectivity index (χ1v) is 13.3. The van der Waals surface area contributed by atoms with Gasteiger partial charge in [-0.05, 0) is 84.9 Å². The summed E-state index contributed by atoms with van der Waals surface area (Å²) in [7, 11) is 0. The van der Waals surface area contributed by atoms with E-state index >= 15 is 0 Å². The molecule has 0 bridgehead atoms. The Bertz CT molecular complexity index is 1400. The zero-order valence-corrected chi connectivity index (χ0v) is 23.2. The number of hydrogen-bond acceptors (Lipinski definition) is 6. The van der Waals surface area contributed by atoms with Crippen LogP contribution in [0.25, 0.3) is 6.08 Å². The van der Waals surface area contributed by atoms with Gasteiger partial charge in [0.15, 0.2) is 15.8 Å². The van der Waals surface area contributed by atoms with Gasteiger partial charge in [-0.2, -0.15) is 5.01 Å². The van der Waals surface area contributed by atoms with Gasteiger partial charge >= 0.3 is 0 Å². The highest BCUT2D eigenvalue weighted by Crippen LogP contribution is 2.35. The molecule has 0 radical (unpaired) electrons. The van der Waals surface area contributed by atoms with Crippen molar-refractivity contribution in [3.8, 4) is 11.5 Å². The van der Waals surface area contributed by atoms with Crippen molar-refractivity contribution in [2.24, 2.45) is 0 Å². The Morgan fingerprint density at radius 2 is 1.76 bits per heavy atom. The fraction of sp³-hybridized carbons (Fsp3) is 0.115. The van der Waals surface area contributed by atoms with E-state index in [-0.39, 0.29) is 10.9 Å². The molecular weight excluding hydrogens is 575 g/mol. The first kappa shape index (κ1) is 27.3. The van der Waals surface area contributed by atoms with E-state index in [0.29, 0.717) is 49.2 Å². The number of hydrogen-bond donors (Lipinski definition) is 1. The van der Waals surface area contributed by atoms with E-state index < -0.39 is 11.8 Å². The van der Waals surface area contributed by atoms with Crippen molar-refractivity contribution in [1.29, 1.82) is 0 Å². The summed E-state index contributed by atoms with van der Waals surface area (Å²) < 4.78 is 11.9. The fourth-order valence-corrected chi connectivity index (χ4v) is 4.90. The summed E-state index contributed by atoms with van der Waals surface area (Å²) in [5, 5.41) is 2.48. The molecule has 1 N–H and O–H groups in total. The van der Waals surface area contributed by atoms with Crippen molar-refractivity contribution in [3.63, 3.8) is 0 Å². The minimum Gasteiger partial charge on any atom is -0.490 e. The Balaban J connectivity index is 1.48. The Kier molecular flexibility index (Phi) is 9.00. The molecule has 1 saturated heterocycles. The molecule has 0 spiro atoms. The van der Waals surface area contributed by atoms with Crippen molar-refractivity contribution in [1.82, 2.24) is 10.4 Å². The van der Waals surface area contributed by atoms with E-state index in [1.165, 1.54) is 0 Å². The van der Waals surface area contributed by atoms with Gasteiger partial charge in [-0.25, -0.2) is 0 Å². The summed E-state index contributed by atoms with van der Waals surface area (Å²) in [5.41, 5.74) is 4.45. The summed E-state index contributed by atoms with van der Waals surface area (Å²) in [6.07, 6.45) is 1.68. The molecule has 190 valence electrons. The van der Waals surface area contributed by atoms with Gasteiger partial charge in [-0.15, -0.1) is 0 Å². The number of amides is 2. The lowest BCUT2D eigenvalue weighted by Gasteiger charge is -2.15. The van der Waals surface area contributed by atoms with E-state index in [9.17, 15) is 9.59 Å². The summed E-state index contributed by atoms with van der Waals surface area (Å²) in [6.45, 7) is 2.55. The molecule has 37 heavy (non-hydrogen) atoms. The molecule has 1 aliphatic heterocycles. The van der Waals surface area contributed by atoms with Crippen LogP contribution in [0.1, 0.15) is 28.4 Å². The number of nitrogens with one attached hydrogen (secondary N) is 1. The number of ether oxygens (including phenoxy) is 2. The predicted octanol–water partition coefficient (Wildman–Crippen LogP) is 7.17. The Morgan fingerprint density at radius 1 is 1.00 bits per heavy atom. The van der Waals surface area contributed by atoms with Crippen LogP contribution in [0.4, 0.5) is 0 Å². The standard InChI is InChI=1S/C26H19Cl3N2O4S2/c1-2-34-22-12-15(4-10-21(22)35-14-16-3-9-19(28)20(29)11-16)13-23-25(33)31(26(36)37-23)30-24(32)17-5-7-18(27)8-6-17/h3-13H,2,14H2,1H3,(H,30,32)/b23-13+. The van der Waals surface area contributed by atoms with Gasteiger partial charge in [0, 0.05) is 10.6 Å². The normalized spacial score (nSPS) is 14.3. The first-order valence-electron chi connectivity index (χ1n) is 10.9. The topological polar surface area (TPSA) is 67.9 Å². The maximum Gasteiger partial charge on any atom is 0.285 e. The van der Waals surface area contributed by atoms with Gasteiger partial charge in [0.05, 0.1) is 21.6 Å². The van der Waals surface area contributed by atoms with Crippen LogP contribution in [0.5, 0.6) is 11.5 Å². The molecular formula is C26H19Cl3N2O4S2. The van der Waals surface area contributed by atoms with Crippen LogP contribution in [-0.2, 0) is 11.4 Å². The minimum atomic E-state index is -0.476. The maximum absolute atomic E-state index is 13.0. The van der Waals surface area contributed by atoms with Crippen LogP contribution in [-0.4, -0.2) is 27.8 Å². The number of carbonyl (C=O) groups is 2. The molecule has 11 heteroatoms. The molecule has 2 amide bonds. The number of thioether (sulfide) groups is 1. The maximum atomic E-state index is 13.0. The highest BCUT2D eigenvalue weighted by molar-refractivity contribution is 8.26.